The molecule has 0 saturated carbocycles. The Balaban J connectivity index is 2.12. The Kier molecular flexibility index (Phi) is 6.71. The molecule has 138 valence electrons. The van der Waals surface area contributed by atoms with Crippen LogP contribution in [0.2, 0.25) is 10.0 Å². The van der Waals surface area contributed by atoms with Crippen molar-refractivity contribution in [2.45, 2.75) is 6.92 Å². The van der Waals surface area contributed by atoms with Gasteiger partial charge in [0.2, 0.25) is 0 Å². The number of carbonyl (C=O) groups excluding carboxylic acids is 2. The fourth-order valence-corrected chi connectivity index (χ4v) is 2.74. The molecule has 26 heavy (non-hydrogen) atoms. The molecule has 0 unspecified atom stereocenters. The van der Waals surface area contributed by atoms with E-state index < -0.39 is 5.91 Å². The molecule has 0 heterocycles. The van der Waals surface area contributed by atoms with Gasteiger partial charge < -0.3 is 19.5 Å². The molecule has 0 fully saturated rings. The summed E-state index contributed by atoms with van der Waals surface area (Å²) in [6, 6.07) is 7.85. The molecule has 1 amide bonds. The van der Waals surface area contributed by atoms with Gasteiger partial charge in [-0.2, -0.15) is 0 Å². The molecular formula is C18H17Cl2NO5. The van der Waals surface area contributed by atoms with Crippen molar-refractivity contribution >= 4 is 40.6 Å². The molecule has 0 bridgehead atoms. The lowest BCUT2D eigenvalue weighted by Crippen LogP contribution is -2.21. The lowest BCUT2D eigenvalue weighted by atomic mass is 10.1. The number of halogens is 2. The van der Waals surface area contributed by atoms with Crippen molar-refractivity contribution in [2.75, 3.05) is 26.1 Å². The van der Waals surface area contributed by atoms with E-state index in [2.05, 4.69) is 5.32 Å². The number of hydrogen-bond donors (Lipinski definition) is 1. The quantitative estimate of drug-likeness (QED) is 0.707. The summed E-state index contributed by atoms with van der Waals surface area (Å²) in [5.74, 6) is 0.415. The van der Waals surface area contributed by atoms with Crippen molar-refractivity contribution in [3.63, 3.8) is 0 Å². The number of amides is 1. The Bertz CT molecular complexity index is 839. The van der Waals surface area contributed by atoms with E-state index in [-0.39, 0.29) is 28.7 Å². The summed E-state index contributed by atoms with van der Waals surface area (Å²) in [4.78, 5) is 23.9. The first-order valence-electron chi connectivity index (χ1n) is 7.50. The highest BCUT2D eigenvalue weighted by atomic mass is 35.5. The van der Waals surface area contributed by atoms with Crippen LogP contribution >= 0.6 is 23.2 Å². The van der Waals surface area contributed by atoms with E-state index in [0.29, 0.717) is 22.2 Å². The molecule has 1 N–H and O–H groups in total. The molecule has 0 aromatic heterocycles. The summed E-state index contributed by atoms with van der Waals surface area (Å²) >= 11 is 12.0. The number of carbonyl (C=O) groups is 2. The number of ether oxygens (including phenoxy) is 3. The van der Waals surface area contributed by atoms with Gasteiger partial charge in [0.15, 0.2) is 12.4 Å². The average Bonchev–Trinajstić information content (AvgIpc) is 2.60. The summed E-state index contributed by atoms with van der Waals surface area (Å²) in [6.45, 7) is 1.01. The molecule has 6 nitrogen and oxygen atoms in total. The van der Waals surface area contributed by atoms with Gasteiger partial charge in [-0.15, -0.1) is 0 Å². The number of rotatable bonds is 7. The summed E-state index contributed by atoms with van der Waals surface area (Å²) < 4.78 is 15.8. The van der Waals surface area contributed by atoms with Crippen LogP contribution in [0.1, 0.15) is 17.3 Å². The molecule has 0 aliphatic heterocycles. The SMILES string of the molecule is COc1ccc(NC(=O)COc2c(Cl)cc(Cl)cc2C(C)=O)c(OC)c1. The Labute approximate surface area is 160 Å². The van der Waals surface area contributed by atoms with Crippen molar-refractivity contribution < 1.29 is 23.8 Å². The lowest BCUT2D eigenvalue weighted by Gasteiger charge is -2.14. The number of benzene rings is 2. The second-order valence-corrected chi connectivity index (χ2v) is 6.07. The molecular weight excluding hydrogens is 381 g/mol. The third-order valence-electron chi connectivity index (χ3n) is 3.42. The maximum absolute atomic E-state index is 12.2. The highest BCUT2D eigenvalue weighted by Crippen LogP contribution is 2.33. The highest BCUT2D eigenvalue weighted by Gasteiger charge is 2.16. The average molecular weight is 398 g/mol. The minimum Gasteiger partial charge on any atom is -0.497 e. The Morgan fingerprint density at radius 3 is 2.42 bits per heavy atom. The van der Waals surface area contributed by atoms with E-state index in [1.54, 1.807) is 18.2 Å². The van der Waals surface area contributed by atoms with Gasteiger partial charge >= 0.3 is 0 Å². The van der Waals surface area contributed by atoms with Gasteiger partial charge in [-0.25, -0.2) is 0 Å². The van der Waals surface area contributed by atoms with Gasteiger partial charge in [-0.3, -0.25) is 9.59 Å². The minimum absolute atomic E-state index is 0.111. The summed E-state index contributed by atoms with van der Waals surface area (Å²) in [7, 11) is 3.01. The van der Waals surface area contributed by atoms with Crippen molar-refractivity contribution in [3.05, 3.63) is 45.9 Å². The first-order chi connectivity index (χ1) is 12.3. The second kappa shape index (κ2) is 8.78. The van der Waals surface area contributed by atoms with Crippen molar-refractivity contribution in [1.29, 1.82) is 0 Å². The fraction of sp³-hybridized carbons (Fsp3) is 0.222. The monoisotopic (exact) mass is 397 g/mol. The number of Topliss-reactive ketones (excluding diaryl/α,β-unsaturated/α-hetero) is 1. The van der Waals surface area contributed by atoms with Gasteiger partial charge in [-0.1, -0.05) is 23.2 Å². The molecule has 2 aromatic rings. The van der Waals surface area contributed by atoms with E-state index in [9.17, 15) is 9.59 Å². The van der Waals surface area contributed by atoms with Crippen molar-refractivity contribution in [3.8, 4) is 17.2 Å². The van der Waals surface area contributed by atoms with Gasteiger partial charge in [0.05, 0.1) is 30.5 Å². The zero-order valence-corrected chi connectivity index (χ0v) is 15.9. The topological polar surface area (TPSA) is 73.9 Å². The molecule has 8 heteroatoms. The Morgan fingerprint density at radius 2 is 1.81 bits per heavy atom. The van der Waals surface area contributed by atoms with Gasteiger partial charge in [0.25, 0.3) is 5.91 Å². The van der Waals surface area contributed by atoms with Crippen LogP contribution in [-0.4, -0.2) is 32.5 Å². The molecule has 2 aromatic carbocycles. The molecule has 0 aliphatic rings. The fourth-order valence-electron chi connectivity index (χ4n) is 2.19. The summed E-state index contributed by atoms with van der Waals surface area (Å²) in [5, 5.41) is 3.12. The zero-order valence-electron chi connectivity index (χ0n) is 14.4. The lowest BCUT2D eigenvalue weighted by molar-refractivity contribution is -0.118. The van der Waals surface area contributed by atoms with E-state index in [1.165, 1.54) is 33.3 Å². The predicted molar refractivity (Wildman–Crippen MR) is 100 cm³/mol. The largest absolute Gasteiger partial charge is 0.497 e. The molecule has 0 radical (unpaired) electrons. The van der Waals surface area contributed by atoms with E-state index in [0.717, 1.165) is 0 Å². The van der Waals surface area contributed by atoms with Crippen LogP contribution in [0.25, 0.3) is 0 Å². The summed E-state index contributed by atoms with van der Waals surface area (Å²) in [6.07, 6.45) is 0. The van der Waals surface area contributed by atoms with Crippen LogP contribution in [0.4, 0.5) is 5.69 Å². The van der Waals surface area contributed by atoms with Crippen LogP contribution in [0.3, 0.4) is 0 Å². The van der Waals surface area contributed by atoms with Crippen molar-refractivity contribution in [2.24, 2.45) is 0 Å². The first kappa shape index (κ1) is 19.9. The smallest absolute Gasteiger partial charge is 0.262 e. The van der Waals surface area contributed by atoms with E-state index >= 15 is 0 Å². The van der Waals surface area contributed by atoms with Crippen LogP contribution in [-0.2, 0) is 4.79 Å². The second-order valence-electron chi connectivity index (χ2n) is 5.22. The van der Waals surface area contributed by atoms with Crippen LogP contribution < -0.4 is 19.5 Å². The van der Waals surface area contributed by atoms with Crippen LogP contribution in [0.15, 0.2) is 30.3 Å². The van der Waals surface area contributed by atoms with Gasteiger partial charge in [-0.05, 0) is 31.2 Å². The molecule has 0 spiro atoms. The number of hydrogen-bond acceptors (Lipinski definition) is 5. The van der Waals surface area contributed by atoms with Gasteiger partial charge in [0.1, 0.15) is 17.2 Å². The Hall–Kier alpha value is -2.44. The Morgan fingerprint density at radius 1 is 1.08 bits per heavy atom. The summed E-state index contributed by atoms with van der Waals surface area (Å²) in [5.41, 5.74) is 0.660. The maximum atomic E-state index is 12.2. The zero-order chi connectivity index (χ0) is 19.3. The third kappa shape index (κ3) is 4.80. The molecule has 0 saturated heterocycles. The van der Waals surface area contributed by atoms with Crippen LogP contribution in [0, 0.1) is 0 Å². The van der Waals surface area contributed by atoms with Crippen LogP contribution in [0.5, 0.6) is 17.2 Å². The number of ketones is 1. The van der Waals surface area contributed by atoms with Crippen molar-refractivity contribution in [1.82, 2.24) is 0 Å². The predicted octanol–water partition coefficient (Wildman–Crippen LogP) is 4.23. The molecule has 2 rings (SSSR count). The number of methoxy groups -OCH3 is 2. The standard InChI is InChI=1S/C18H17Cl2NO5/c1-10(22)13-6-11(19)7-14(20)18(13)26-9-17(23)21-15-5-4-12(24-2)8-16(15)25-3/h4-8H,9H2,1-3H3,(H,21,23). The number of nitrogens with one attached hydrogen (secondary N) is 1. The number of anilines is 1. The normalized spacial score (nSPS) is 10.2. The third-order valence-corrected chi connectivity index (χ3v) is 3.92. The van der Waals surface area contributed by atoms with E-state index in [1.807, 2.05) is 0 Å². The van der Waals surface area contributed by atoms with Gasteiger partial charge in [0, 0.05) is 11.1 Å². The highest BCUT2D eigenvalue weighted by molar-refractivity contribution is 6.36. The molecule has 0 aliphatic carbocycles. The molecule has 0 atom stereocenters. The van der Waals surface area contributed by atoms with E-state index in [4.69, 9.17) is 37.4 Å². The minimum atomic E-state index is -0.450. The first-order valence-corrected chi connectivity index (χ1v) is 8.26. The maximum Gasteiger partial charge on any atom is 0.262 e.